The van der Waals surface area contributed by atoms with Crippen LogP contribution in [0.25, 0.3) is 0 Å². The summed E-state index contributed by atoms with van der Waals surface area (Å²) in [5.41, 5.74) is 5.65. The number of rotatable bonds is 4. The summed E-state index contributed by atoms with van der Waals surface area (Å²) in [6, 6.07) is 3.57. The molecule has 5 nitrogen and oxygen atoms in total. The molecule has 1 aromatic carbocycles. The average Bonchev–Trinajstić information content (AvgIpc) is 2.75. The Labute approximate surface area is 135 Å². The lowest BCUT2D eigenvalue weighted by molar-refractivity contribution is -0.129. The van der Waals surface area contributed by atoms with Crippen molar-refractivity contribution in [1.82, 2.24) is 5.32 Å². The number of amides is 1. The Morgan fingerprint density at radius 2 is 1.91 bits per heavy atom. The molecule has 1 saturated carbocycles. The second-order valence-electron chi connectivity index (χ2n) is 5.98. The van der Waals surface area contributed by atoms with E-state index in [9.17, 15) is 14.0 Å². The third kappa shape index (κ3) is 4.94. The molecule has 0 heterocycles. The van der Waals surface area contributed by atoms with Crippen molar-refractivity contribution in [3.8, 4) is 0 Å². The average molecular weight is 322 g/mol. The largest absolute Gasteiger partial charge is 0.449 e. The number of anilines is 1. The normalized spacial score (nSPS) is 17.1. The lowest BCUT2D eigenvalue weighted by atomic mass is 10.1. The van der Waals surface area contributed by atoms with Gasteiger partial charge in [0.1, 0.15) is 5.82 Å². The Kier molecular flexibility index (Phi) is 5.96. The van der Waals surface area contributed by atoms with Crippen LogP contribution in [0, 0.1) is 5.82 Å². The van der Waals surface area contributed by atoms with E-state index in [0.717, 1.165) is 37.8 Å². The molecule has 126 valence electrons. The van der Waals surface area contributed by atoms with Crippen LogP contribution in [0.3, 0.4) is 0 Å². The molecule has 0 aliphatic heterocycles. The SMILES string of the molecule is CC(OC(=O)c1ccc(F)cc1N)C(=O)NC1CCCCCC1. The summed E-state index contributed by atoms with van der Waals surface area (Å²) in [6.07, 6.45) is 5.59. The van der Waals surface area contributed by atoms with Crippen LogP contribution < -0.4 is 11.1 Å². The summed E-state index contributed by atoms with van der Waals surface area (Å²) >= 11 is 0. The van der Waals surface area contributed by atoms with E-state index in [2.05, 4.69) is 5.32 Å². The minimum absolute atomic E-state index is 0.00798. The third-order valence-electron chi connectivity index (χ3n) is 4.09. The summed E-state index contributed by atoms with van der Waals surface area (Å²) < 4.78 is 18.1. The van der Waals surface area contributed by atoms with Crippen LogP contribution in [0.1, 0.15) is 55.8 Å². The molecule has 1 aliphatic rings. The zero-order valence-electron chi connectivity index (χ0n) is 13.3. The first-order valence-electron chi connectivity index (χ1n) is 8.03. The highest BCUT2D eigenvalue weighted by Gasteiger charge is 2.23. The first-order chi connectivity index (χ1) is 11.0. The number of nitrogen functional groups attached to an aromatic ring is 1. The summed E-state index contributed by atoms with van der Waals surface area (Å²) in [6.45, 7) is 1.52. The Hall–Kier alpha value is -2.11. The van der Waals surface area contributed by atoms with E-state index in [1.54, 1.807) is 0 Å². The highest BCUT2D eigenvalue weighted by atomic mass is 19.1. The second kappa shape index (κ2) is 7.94. The number of carbonyl (C=O) groups is 2. The quantitative estimate of drug-likeness (QED) is 0.507. The lowest BCUT2D eigenvalue weighted by Crippen LogP contribution is -2.41. The van der Waals surface area contributed by atoms with Gasteiger partial charge in [0.15, 0.2) is 6.10 Å². The number of nitrogens with one attached hydrogen (secondary N) is 1. The van der Waals surface area contributed by atoms with Crippen molar-refractivity contribution in [2.45, 2.75) is 57.6 Å². The molecule has 23 heavy (non-hydrogen) atoms. The van der Waals surface area contributed by atoms with Crippen LogP contribution >= 0.6 is 0 Å². The van der Waals surface area contributed by atoms with Crippen molar-refractivity contribution in [3.63, 3.8) is 0 Å². The van der Waals surface area contributed by atoms with Gasteiger partial charge in [-0.1, -0.05) is 25.7 Å². The maximum atomic E-state index is 13.0. The molecular formula is C17H23FN2O3. The summed E-state index contributed by atoms with van der Waals surface area (Å²) in [7, 11) is 0. The summed E-state index contributed by atoms with van der Waals surface area (Å²) in [4.78, 5) is 24.2. The van der Waals surface area contributed by atoms with E-state index in [1.165, 1.54) is 25.8 Å². The van der Waals surface area contributed by atoms with Gasteiger partial charge in [-0.2, -0.15) is 0 Å². The zero-order valence-corrected chi connectivity index (χ0v) is 13.3. The fraction of sp³-hybridized carbons (Fsp3) is 0.529. The van der Waals surface area contributed by atoms with Crippen molar-refractivity contribution in [1.29, 1.82) is 0 Å². The minimum atomic E-state index is -0.921. The summed E-state index contributed by atoms with van der Waals surface area (Å²) in [5.74, 6) is -1.57. The lowest BCUT2D eigenvalue weighted by Gasteiger charge is -2.20. The molecule has 1 unspecified atom stereocenters. The molecule has 1 amide bonds. The number of ether oxygens (including phenoxy) is 1. The second-order valence-corrected chi connectivity index (χ2v) is 5.98. The maximum absolute atomic E-state index is 13.0. The highest BCUT2D eigenvalue weighted by molar-refractivity contribution is 5.96. The molecule has 2 rings (SSSR count). The number of hydrogen-bond donors (Lipinski definition) is 2. The van der Waals surface area contributed by atoms with Gasteiger partial charge in [-0.15, -0.1) is 0 Å². The molecule has 0 saturated heterocycles. The molecule has 1 aromatic rings. The number of esters is 1. The Morgan fingerprint density at radius 1 is 1.26 bits per heavy atom. The van der Waals surface area contributed by atoms with E-state index in [-0.39, 0.29) is 23.2 Å². The smallest absolute Gasteiger partial charge is 0.341 e. The van der Waals surface area contributed by atoms with Crippen LogP contribution in [0.15, 0.2) is 18.2 Å². The van der Waals surface area contributed by atoms with E-state index >= 15 is 0 Å². The van der Waals surface area contributed by atoms with E-state index in [4.69, 9.17) is 10.5 Å². The van der Waals surface area contributed by atoms with E-state index in [0.29, 0.717) is 0 Å². The first-order valence-corrected chi connectivity index (χ1v) is 8.03. The molecule has 0 bridgehead atoms. The molecule has 6 heteroatoms. The number of hydrogen-bond acceptors (Lipinski definition) is 4. The van der Waals surface area contributed by atoms with Crippen LogP contribution in [0.4, 0.5) is 10.1 Å². The molecule has 3 N–H and O–H groups in total. The number of benzene rings is 1. The highest BCUT2D eigenvalue weighted by Crippen LogP contribution is 2.18. The van der Waals surface area contributed by atoms with Crippen molar-refractivity contribution >= 4 is 17.6 Å². The minimum Gasteiger partial charge on any atom is -0.449 e. The Morgan fingerprint density at radius 3 is 2.52 bits per heavy atom. The fourth-order valence-corrected chi connectivity index (χ4v) is 2.74. The molecule has 1 fully saturated rings. The van der Waals surface area contributed by atoms with Crippen molar-refractivity contribution in [2.75, 3.05) is 5.73 Å². The van der Waals surface area contributed by atoms with Crippen molar-refractivity contribution in [3.05, 3.63) is 29.6 Å². The molecule has 0 spiro atoms. The molecule has 0 aromatic heterocycles. The molecule has 1 aliphatic carbocycles. The number of halogens is 1. The third-order valence-corrected chi connectivity index (χ3v) is 4.09. The predicted molar refractivity (Wildman–Crippen MR) is 85.3 cm³/mol. The van der Waals surface area contributed by atoms with Crippen molar-refractivity contribution in [2.24, 2.45) is 0 Å². The van der Waals surface area contributed by atoms with Gasteiger partial charge in [0.2, 0.25) is 0 Å². The van der Waals surface area contributed by atoms with E-state index in [1.807, 2.05) is 0 Å². The maximum Gasteiger partial charge on any atom is 0.341 e. The zero-order chi connectivity index (χ0) is 16.8. The molecular weight excluding hydrogens is 299 g/mol. The van der Waals surface area contributed by atoms with Crippen LogP contribution in [-0.2, 0) is 9.53 Å². The van der Waals surface area contributed by atoms with Gasteiger partial charge in [0, 0.05) is 11.7 Å². The van der Waals surface area contributed by atoms with E-state index < -0.39 is 17.9 Å². The number of carbonyl (C=O) groups excluding carboxylic acids is 2. The number of nitrogens with two attached hydrogens (primary N) is 1. The Balaban J connectivity index is 1.90. The topological polar surface area (TPSA) is 81.4 Å². The monoisotopic (exact) mass is 322 g/mol. The molecule has 0 radical (unpaired) electrons. The first kappa shape index (κ1) is 17.2. The van der Waals surface area contributed by atoms with Crippen molar-refractivity contribution < 1.29 is 18.7 Å². The van der Waals surface area contributed by atoms with Gasteiger partial charge >= 0.3 is 5.97 Å². The Bertz CT molecular complexity index is 569. The summed E-state index contributed by atoms with van der Waals surface area (Å²) in [5, 5.41) is 2.93. The van der Waals surface area contributed by atoms with Gasteiger partial charge in [-0.3, -0.25) is 4.79 Å². The fourth-order valence-electron chi connectivity index (χ4n) is 2.74. The standard InChI is InChI=1S/C17H23FN2O3/c1-11(16(21)20-13-6-4-2-3-5-7-13)23-17(22)14-9-8-12(18)10-15(14)19/h8-11,13H,2-7,19H2,1H3,(H,20,21). The molecule has 1 atom stereocenters. The van der Waals surface area contributed by atoms with Gasteiger partial charge in [-0.25, -0.2) is 9.18 Å². The predicted octanol–water partition coefficient (Wildman–Crippen LogP) is 2.79. The van der Waals surface area contributed by atoms with Gasteiger partial charge in [-0.05, 0) is 38.0 Å². The van der Waals surface area contributed by atoms with Crippen LogP contribution in [0.5, 0.6) is 0 Å². The van der Waals surface area contributed by atoms with Gasteiger partial charge < -0.3 is 15.8 Å². The van der Waals surface area contributed by atoms with Gasteiger partial charge in [0.25, 0.3) is 5.91 Å². The van der Waals surface area contributed by atoms with Crippen LogP contribution in [0.2, 0.25) is 0 Å². The van der Waals surface area contributed by atoms with Gasteiger partial charge in [0.05, 0.1) is 5.56 Å². The van der Waals surface area contributed by atoms with Crippen LogP contribution in [-0.4, -0.2) is 24.0 Å².